The van der Waals surface area contributed by atoms with E-state index < -0.39 is 41.6 Å². The summed E-state index contributed by atoms with van der Waals surface area (Å²) in [5.41, 5.74) is 0.385. The van der Waals surface area contributed by atoms with Crippen LogP contribution in [-0.2, 0) is 15.8 Å². The summed E-state index contributed by atoms with van der Waals surface area (Å²) in [5, 5.41) is 7.98. The number of amides is 2. The van der Waals surface area contributed by atoms with Gasteiger partial charge in [0.15, 0.2) is 0 Å². The van der Waals surface area contributed by atoms with Crippen LogP contribution >= 0.6 is 0 Å². The number of aromatic nitrogens is 2. The van der Waals surface area contributed by atoms with Crippen molar-refractivity contribution in [1.29, 1.82) is 0 Å². The van der Waals surface area contributed by atoms with Crippen LogP contribution in [0.1, 0.15) is 5.56 Å². The molecule has 1 aromatic heterocycles. The van der Waals surface area contributed by atoms with E-state index in [1.54, 1.807) is 24.3 Å². The Morgan fingerprint density at radius 2 is 1.74 bits per heavy atom. The lowest BCUT2D eigenvalue weighted by molar-refractivity contribution is -0.186. The van der Waals surface area contributed by atoms with Gasteiger partial charge >= 0.3 is 18.3 Å². The van der Waals surface area contributed by atoms with Crippen molar-refractivity contribution in [3.05, 3.63) is 66.9 Å². The third kappa shape index (κ3) is 6.57. The highest BCUT2D eigenvalue weighted by atomic mass is 19.4. The number of fused-ring (bicyclic) bond motifs is 3. The van der Waals surface area contributed by atoms with Gasteiger partial charge in [0, 0.05) is 49.0 Å². The van der Waals surface area contributed by atoms with E-state index in [1.165, 1.54) is 18.2 Å². The minimum atomic E-state index is -4.96. The van der Waals surface area contributed by atoms with Gasteiger partial charge in [-0.25, -0.2) is 4.98 Å². The average molecular weight is 608 g/mol. The Balaban J connectivity index is 1.34. The summed E-state index contributed by atoms with van der Waals surface area (Å²) in [4.78, 5) is 33.7. The highest BCUT2D eigenvalue weighted by Gasteiger charge is 2.45. The van der Waals surface area contributed by atoms with E-state index in [2.05, 4.69) is 32.5 Å². The van der Waals surface area contributed by atoms with Crippen LogP contribution in [0.5, 0.6) is 5.75 Å². The second kappa shape index (κ2) is 11.3. The van der Waals surface area contributed by atoms with Gasteiger partial charge in [0.2, 0.25) is 11.9 Å². The molecule has 3 aromatic rings. The zero-order valence-electron chi connectivity index (χ0n) is 22.1. The van der Waals surface area contributed by atoms with Crippen molar-refractivity contribution in [3.8, 4) is 5.75 Å². The molecule has 2 aliphatic heterocycles. The van der Waals surface area contributed by atoms with E-state index in [1.807, 2.05) is 4.90 Å². The maximum absolute atomic E-state index is 13.8. The van der Waals surface area contributed by atoms with Crippen LogP contribution in [0.15, 0.2) is 61.3 Å². The van der Waals surface area contributed by atoms with Crippen LogP contribution in [0, 0.1) is 0 Å². The summed E-state index contributed by atoms with van der Waals surface area (Å²) < 4.78 is 85.6. The van der Waals surface area contributed by atoms with Crippen molar-refractivity contribution in [2.45, 2.75) is 18.4 Å². The number of anilines is 6. The molecule has 1 atom stereocenters. The van der Waals surface area contributed by atoms with E-state index in [0.29, 0.717) is 29.0 Å². The van der Waals surface area contributed by atoms with Gasteiger partial charge in [0.1, 0.15) is 23.7 Å². The highest BCUT2D eigenvalue weighted by Crippen LogP contribution is 2.39. The number of piperazine rings is 1. The zero-order chi connectivity index (χ0) is 30.9. The normalized spacial score (nSPS) is 16.4. The summed E-state index contributed by atoms with van der Waals surface area (Å²) in [6, 6.07) is 10.3. The second-order valence-electron chi connectivity index (χ2n) is 9.57. The molecule has 0 aliphatic carbocycles. The van der Waals surface area contributed by atoms with E-state index in [-0.39, 0.29) is 37.9 Å². The number of benzene rings is 2. The molecule has 10 nitrogen and oxygen atoms in total. The lowest BCUT2D eigenvalue weighted by atomic mass is 10.1. The molecule has 5 rings (SSSR count). The van der Waals surface area contributed by atoms with E-state index in [9.17, 15) is 35.9 Å². The first-order chi connectivity index (χ1) is 20.3. The van der Waals surface area contributed by atoms with Crippen molar-refractivity contribution in [3.63, 3.8) is 0 Å². The maximum atomic E-state index is 13.8. The Labute approximate surface area is 240 Å². The van der Waals surface area contributed by atoms with Crippen LogP contribution in [-0.4, -0.2) is 65.1 Å². The predicted molar refractivity (Wildman–Crippen MR) is 145 cm³/mol. The van der Waals surface area contributed by atoms with Gasteiger partial charge in [-0.05, 0) is 36.4 Å². The van der Waals surface area contributed by atoms with Crippen molar-refractivity contribution in [2.75, 3.05) is 47.1 Å². The number of hydrogen-bond acceptors (Lipinski definition) is 8. The molecule has 2 aliphatic rings. The molecule has 0 saturated carbocycles. The van der Waals surface area contributed by atoms with E-state index in [4.69, 9.17) is 4.74 Å². The van der Waals surface area contributed by atoms with Crippen LogP contribution < -0.4 is 25.6 Å². The summed E-state index contributed by atoms with van der Waals surface area (Å²) in [6.45, 7) is 3.26. The van der Waals surface area contributed by atoms with Crippen LogP contribution in [0.3, 0.4) is 0 Å². The Bertz CT molecular complexity index is 1560. The molecular weight excluding hydrogens is 584 g/mol. The van der Waals surface area contributed by atoms with Gasteiger partial charge in [-0.15, -0.1) is 0 Å². The van der Waals surface area contributed by atoms with Crippen LogP contribution in [0.25, 0.3) is 0 Å². The van der Waals surface area contributed by atoms with Crippen molar-refractivity contribution >= 4 is 46.3 Å². The fraction of sp³-hybridized carbons (Fsp3) is 0.259. The smallest absolute Gasteiger partial charge is 0.471 e. The zero-order valence-corrected chi connectivity index (χ0v) is 22.1. The summed E-state index contributed by atoms with van der Waals surface area (Å²) >= 11 is 0. The van der Waals surface area contributed by atoms with Gasteiger partial charge in [-0.1, -0.05) is 12.6 Å². The first-order valence-corrected chi connectivity index (χ1v) is 12.7. The Morgan fingerprint density at radius 3 is 2.47 bits per heavy atom. The minimum absolute atomic E-state index is 0.0231. The van der Waals surface area contributed by atoms with Crippen molar-refractivity contribution in [2.24, 2.45) is 0 Å². The minimum Gasteiger partial charge on any atom is -0.489 e. The molecule has 0 unspecified atom stereocenters. The molecule has 226 valence electrons. The van der Waals surface area contributed by atoms with E-state index in [0.717, 1.165) is 11.0 Å². The molecule has 3 N–H and O–H groups in total. The lowest BCUT2D eigenvalue weighted by Crippen LogP contribution is -2.60. The number of alkyl halides is 6. The molecule has 16 heteroatoms. The molecule has 0 bridgehead atoms. The van der Waals surface area contributed by atoms with Crippen molar-refractivity contribution < 1.29 is 40.7 Å². The van der Waals surface area contributed by atoms with Gasteiger partial charge in [-0.3, -0.25) is 9.59 Å². The SMILES string of the molecule is C=CC(=O)Nc1cccc(Nc2nc(Nc3ccc4c(c3)OC[C@H]3CN(C(=O)C(F)(F)F)CCN43)ncc2C(F)(F)F)c1. The van der Waals surface area contributed by atoms with Gasteiger partial charge in [0.05, 0.1) is 11.7 Å². The highest BCUT2D eigenvalue weighted by molar-refractivity contribution is 5.99. The van der Waals surface area contributed by atoms with Gasteiger partial charge < -0.3 is 30.5 Å². The van der Waals surface area contributed by atoms with Gasteiger partial charge in [-0.2, -0.15) is 31.3 Å². The standard InChI is InChI=1S/C27H23F6N7O3/c1-2-22(41)35-15-4-3-5-16(10-15)36-23-19(26(28,29)30)12-34-25(38-23)37-17-6-7-20-21(11-17)43-14-18-13-39(8-9-40(18)20)24(42)27(31,32)33/h2-7,10-12,18H,1,8-9,13-14H2,(H,35,41)(H2,34,36,37,38)/t18-/m1/s1. The summed E-state index contributed by atoms with van der Waals surface area (Å²) in [5.74, 6) is -2.71. The summed E-state index contributed by atoms with van der Waals surface area (Å²) in [6.07, 6.45) is -8.06. The number of nitrogens with one attached hydrogen (secondary N) is 3. The number of carbonyl (C=O) groups excluding carboxylic acids is 2. The monoisotopic (exact) mass is 607 g/mol. The second-order valence-corrected chi connectivity index (χ2v) is 9.57. The molecule has 0 spiro atoms. The molecule has 2 amide bonds. The Kier molecular flexibility index (Phi) is 7.77. The molecule has 2 aromatic carbocycles. The molecule has 1 saturated heterocycles. The molecule has 3 heterocycles. The first kappa shape index (κ1) is 29.5. The van der Waals surface area contributed by atoms with Gasteiger partial charge in [0.25, 0.3) is 0 Å². The number of carbonyl (C=O) groups is 2. The summed E-state index contributed by atoms with van der Waals surface area (Å²) in [7, 11) is 0. The number of rotatable bonds is 6. The number of ether oxygens (including phenoxy) is 1. The lowest BCUT2D eigenvalue weighted by Gasteiger charge is -2.45. The van der Waals surface area contributed by atoms with Crippen LogP contribution in [0.4, 0.5) is 60.9 Å². The van der Waals surface area contributed by atoms with Crippen molar-refractivity contribution in [1.82, 2.24) is 14.9 Å². The van der Waals surface area contributed by atoms with Crippen LogP contribution in [0.2, 0.25) is 0 Å². The fourth-order valence-corrected chi connectivity index (χ4v) is 4.69. The Morgan fingerprint density at radius 1 is 1.00 bits per heavy atom. The molecule has 1 fully saturated rings. The molecular formula is C27H23F6N7O3. The third-order valence-electron chi connectivity index (χ3n) is 6.64. The number of halogens is 6. The quantitative estimate of drug-likeness (QED) is 0.263. The topological polar surface area (TPSA) is 112 Å². The fourth-order valence-electron chi connectivity index (χ4n) is 4.69. The molecule has 43 heavy (non-hydrogen) atoms. The predicted octanol–water partition coefficient (Wildman–Crippen LogP) is 5.08. The largest absolute Gasteiger partial charge is 0.489 e. The number of nitrogens with zero attached hydrogens (tertiary/aromatic N) is 4. The third-order valence-corrected chi connectivity index (χ3v) is 6.64. The number of hydrogen-bond donors (Lipinski definition) is 3. The maximum Gasteiger partial charge on any atom is 0.471 e. The molecule has 0 radical (unpaired) electrons. The first-order valence-electron chi connectivity index (χ1n) is 12.7. The average Bonchev–Trinajstić information content (AvgIpc) is 2.95. The Hall–Kier alpha value is -5.02. The van der Waals surface area contributed by atoms with E-state index >= 15 is 0 Å².